The lowest BCUT2D eigenvalue weighted by Gasteiger charge is -2.12. The summed E-state index contributed by atoms with van der Waals surface area (Å²) in [5.41, 5.74) is 0.926. The van der Waals surface area contributed by atoms with E-state index in [-0.39, 0.29) is 5.82 Å². The molecule has 1 atom stereocenters. The summed E-state index contributed by atoms with van der Waals surface area (Å²) >= 11 is 0. The average Bonchev–Trinajstić information content (AvgIpc) is 2.22. The van der Waals surface area contributed by atoms with E-state index in [9.17, 15) is 9.50 Å². The minimum Gasteiger partial charge on any atom is -0.388 e. The van der Waals surface area contributed by atoms with Crippen LogP contribution in [0.1, 0.15) is 36.5 Å². The fraction of sp³-hybridized carbons (Fsp3) is 0.385. The van der Waals surface area contributed by atoms with Gasteiger partial charge in [0, 0.05) is 12.0 Å². The second-order valence-corrected chi connectivity index (χ2v) is 3.59. The number of aryl methyl sites for hydroxylation is 1. The van der Waals surface area contributed by atoms with E-state index < -0.39 is 6.10 Å². The zero-order valence-electron chi connectivity index (χ0n) is 8.83. The van der Waals surface area contributed by atoms with Crippen LogP contribution in [0.2, 0.25) is 0 Å². The number of aliphatic hydroxyl groups excluding tert-OH is 1. The van der Waals surface area contributed by atoms with E-state index in [2.05, 4.69) is 5.92 Å². The Hall–Kier alpha value is -1.33. The van der Waals surface area contributed by atoms with Gasteiger partial charge in [0.25, 0.3) is 0 Å². The Balaban J connectivity index is 2.70. The fourth-order valence-electron chi connectivity index (χ4n) is 1.48. The molecule has 0 aliphatic rings. The molecule has 0 aliphatic heterocycles. The summed E-state index contributed by atoms with van der Waals surface area (Å²) in [5, 5.41) is 9.74. The monoisotopic (exact) mass is 206 g/mol. The first-order chi connectivity index (χ1) is 7.16. The molecule has 1 N–H and O–H groups in total. The Morgan fingerprint density at radius 1 is 1.53 bits per heavy atom. The minimum atomic E-state index is -0.752. The smallest absolute Gasteiger partial charge is 0.131 e. The molecular formula is C13H15FO. The van der Waals surface area contributed by atoms with Gasteiger partial charge >= 0.3 is 0 Å². The Labute approximate surface area is 89.9 Å². The number of hydrogen-bond acceptors (Lipinski definition) is 1. The van der Waals surface area contributed by atoms with Crippen molar-refractivity contribution in [2.24, 2.45) is 0 Å². The van der Waals surface area contributed by atoms with E-state index in [4.69, 9.17) is 6.42 Å². The van der Waals surface area contributed by atoms with Crippen molar-refractivity contribution < 1.29 is 9.50 Å². The van der Waals surface area contributed by atoms with Crippen LogP contribution in [0.25, 0.3) is 0 Å². The summed E-state index contributed by atoms with van der Waals surface area (Å²) in [4.78, 5) is 0. The number of unbranched alkanes of at least 4 members (excludes halogenated alkanes) is 1. The van der Waals surface area contributed by atoms with Crippen molar-refractivity contribution in [3.05, 3.63) is 35.1 Å². The van der Waals surface area contributed by atoms with Crippen molar-refractivity contribution in [1.29, 1.82) is 0 Å². The maximum absolute atomic E-state index is 13.6. The van der Waals surface area contributed by atoms with Crippen LogP contribution in [0.5, 0.6) is 0 Å². The molecule has 0 fully saturated rings. The fourth-order valence-corrected chi connectivity index (χ4v) is 1.48. The third-order valence-corrected chi connectivity index (χ3v) is 2.38. The molecule has 0 aliphatic carbocycles. The van der Waals surface area contributed by atoms with E-state index in [0.717, 1.165) is 0 Å². The second-order valence-electron chi connectivity index (χ2n) is 3.59. The first-order valence-electron chi connectivity index (χ1n) is 5.03. The van der Waals surface area contributed by atoms with E-state index in [0.29, 0.717) is 30.4 Å². The van der Waals surface area contributed by atoms with Crippen LogP contribution in [-0.4, -0.2) is 5.11 Å². The zero-order valence-corrected chi connectivity index (χ0v) is 8.83. The SMILES string of the molecule is C#CCCCC(O)c1cccc(C)c1F. The van der Waals surface area contributed by atoms with Crippen molar-refractivity contribution in [2.75, 3.05) is 0 Å². The normalized spacial score (nSPS) is 12.1. The zero-order chi connectivity index (χ0) is 11.3. The highest BCUT2D eigenvalue weighted by Crippen LogP contribution is 2.23. The molecule has 1 nitrogen and oxygen atoms in total. The van der Waals surface area contributed by atoms with Gasteiger partial charge in [0.15, 0.2) is 0 Å². The number of hydrogen-bond donors (Lipinski definition) is 1. The largest absolute Gasteiger partial charge is 0.388 e. The highest BCUT2D eigenvalue weighted by atomic mass is 19.1. The predicted octanol–water partition coefficient (Wildman–Crippen LogP) is 2.97. The molecule has 1 aromatic rings. The minimum absolute atomic E-state index is 0.314. The molecule has 0 radical (unpaired) electrons. The van der Waals surface area contributed by atoms with Crippen molar-refractivity contribution >= 4 is 0 Å². The molecule has 0 amide bonds. The molecule has 0 saturated carbocycles. The Morgan fingerprint density at radius 2 is 2.27 bits per heavy atom. The highest BCUT2D eigenvalue weighted by Gasteiger charge is 2.13. The number of aliphatic hydroxyl groups is 1. The molecule has 80 valence electrons. The molecule has 15 heavy (non-hydrogen) atoms. The van der Waals surface area contributed by atoms with Gasteiger partial charge in [-0.25, -0.2) is 4.39 Å². The topological polar surface area (TPSA) is 20.2 Å². The Bertz CT molecular complexity index is 365. The average molecular weight is 206 g/mol. The van der Waals surface area contributed by atoms with Crippen LogP contribution in [0.4, 0.5) is 4.39 Å². The summed E-state index contributed by atoms with van der Waals surface area (Å²) < 4.78 is 13.6. The van der Waals surface area contributed by atoms with Crippen molar-refractivity contribution in [1.82, 2.24) is 0 Å². The maximum atomic E-state index is 13.6. The third-order valence-electron chi connectivity index (χ3n) is 2.38. The predicted molar refractivity (Wildman–Crippen MR) is 58.8 cm³/mol. The first kappa shape index (κ1) is 11.7. The molecule has 0 aromatic heterocycles. The van der Waals surface area contributed by atoms with Gasteiger partial charge in [0.05, 0.1) is 6.10 Å². The van der Waals surface area contributed by atoms with E-state index in [1.54, 1.807) is 25.1 Å². The van der Waals surface area contributed by atoms with Crippen molar-refractivity contribution in [2.45, 2.75) is 32.3 Å². The molecule has 0 heterocycles. The van der Waals surface area contributed by atoms with E-state index in [1.165, 1.54) is 0 Å². The molecule has 1 aromatic carbocycles. The number of terminal acetylenes is 1. The summed E-state index contributed by atoms with van der Waals surface area (Å²) in [5.74, 6) is 2.18. The summed E-state index contributed by atoms with van der Waals surface area (Å²) in [6.45, 7) is 1.69. The summed E-state index contributed by atoms with van der Waals surface area (Å²) in [7, 11) is 0. The van der Waals surface area contributed by atoms with Crippen LogP contribution in [-0.2, 0) is 0 Å². The molecule has 0 saturated heterocycles. The van der Waals surface area contributed by atoms with Gasteiger partial charge in [0.2, 0.25) is 0 Å². The first-order valence-corrected chi connectivity index (χ1v) is 5.03. The number of halogens is 1. The quantitative estimate of drug-likeness (QED) is 0.593. The lowest BCUT2D eigenvalue weighted by atomic mass is 10.0. The second kappa shape index (κ2) is 5.53. The van der Waals surface area contributed by atoms with Crippen LogP contribution in [0, 0.1) is 25.1 Å². The van der Waals surface area contributed by atoms with Gasteiger partial charge in [-0.05, 0) is 25.3 Å². The van der Waals surface area contributed by atoms with Crippen LogP contribution >= 0.6 is 0 Å². The van der Waals surface area contributed by atoms with Crippen molar-refractivity contribution in [3.8, 4) is 12.3 Å². The van der Waals surface area contributed by atoms with Gasteiger partial charge in [-0.15, -0.1) is 12.3 Å². The summed E-state index contributed by atoms with van der Waals surface area (Å²) in [6.07, 6.45) is 6.18. The molecule has 2 heteroatoms. The van der Waals surface area contributed by atoms with E-state index >= 15 is 0 Å². The maximum Gasteiger partial charge on any atom is 0.131 e. The van der Waals surface area contributed by atoms with Crippen molar-refractivity contribution in [3.63, 3.8) is 0 Å². The van der Waals surface area contributed by atoms with Crippen LogP contribution in [0.15, 0.2) is 18.2 Å². The van der Waals surface area contributed by atoms with Crippen LogP contribution in [0.3, 0.4) is 0 Å². The van der Waals surface area contributed by atoms with Crippen LogP contribution < -0.4 is 0 Å². The van der Waals surface area contributed by atoms with Gasteiger partial charge in [-0.3, -0.25) is 0 Å². The molecule has 0 spiro atoms. The third kappa shape index (κ3) is 3.07. The van der Waals surface area contributed by atoms with E-state index in [1.807, 2.05) is 0 Å². The highest BCUT2D eigenvalue weighted by molar-refractivity contribution is 5.26. The van der Waals surface area contributed by atoms with Gasteiger partial charge < -0.3 is 5.11 Å². The molecule has 1 unspecified atom stereocenters. The van der Waals surface area contributed by atoms with Gasteiger partial charge in [-0.2, -0.15) is 0 Å². The molecule has 1 rings (SSSR count). The summed E-state index contributed by atoms with van der Waals surface area (Å²) in [6, 6.07) is 5.05. The molecule has 0 bridgehead atoms. The lowest BCUT2D eigenvalue weighted by molar-refractivity contribution is 0.160. The lowest BCUT2D eigenvalue weighted by Crippen LogP contribution is -2.01. The Kier molecular flexibility index (Phi) is 4.33. The van der Waals surface area contributed by atoms with Gasteiger partial charge in [0.1, 0.15) is 5.82 Å². The van der Waals surface area contributed by atoms with Gasteiger partial charge in [-0.1, -0.05) is 18.2 Å². The standard InChI is InChI=1S/C13H15FO/c1-3-4-5-9-12(15)11-8-6-7-10(2)13(11)14/h1,6-8,12,15H,4-5,9H2,2H3. The number of benzene rings is 1. The Morgan fingerprint density at radius 3 is 2.93 bits per heavy atom. The molecular weight excluding hydrogens is 191 g/mol. The number of rotatable bonds is 4.